The van der Waals surface area contributed by atoms with Gasteiger partial charge in [0.15, 0.2) is 18.1 Å². The lowest BCUT2D eigenvalue weighted by Gasteiger charge is -2.12. The Morgan fingerprint density at radius 1 is 1.53 bits per heavy atom. The molecule has 0 aliphatic carbocycles. The van der Waals surface area contributed by atoms with Gasteiger partial charge in [-0.15, -0.1) is 0 Å². The van der Waals surface area contributed by atoms with Crippen LogP contribution >= 0.6 is 22.6 Å². The van der Waals surface area contributed by atoms with Gasteiger partial charge in [-0.05, 0) is 41.6 Å². The molecule has 19 heavy (non-hydrogen) atoms. The molecule has 1 aromatic rings. The minimum absolute atomic E-state index is 0.187. The number of esters is 1. The normalized spacial score (nSPS) is 10.5. The molecule has 0 saturated heterocycles. The molecule has 0 unspecified atom stereocenters. The molecule has 0 spiro atoms. The molecule has 1 aromatic carbocycles. The number of carbonyl (C=O) groups is 1. The average molecular weight is 379 g/mol. The predicted octanol–water partition coefficient (Wildman–Crippen LogP) is 2.05. The van der Waals surface area contributed by atoms with E-state index in [0.29, 0.717) is 23.7 Å². The largest absolute Gasteiger partial charge is 0.493 e. The topological polar surface area (TPSA) is 77.4 Å². The van der Waals surface area contributed by atoms with Crippen LogP contribution < -0.4 is 9.47 Å². The molecule has 1 rings (SSSR count). The van der Waals surface area contributed by atoms with Gasteiger partial charge in [-0.2, -0.15) is 0 Å². The molecule has 0 fully saturated rings. The highest BCUT2D eigenvalue weighted by Gasteiger charge is 2.13. The van der Waals surface area contributed by atoms with Crippen LogP contribution in [0.25, 0.3) is 0 Å². The number of carbonyl (C=O) groups excluding carboxylic acids is 1. The van der Waals surface area contributed by atoms with Crippen molar-refractivity contribution in [1.82, 2.24) is 0 Å². The molecular formula is C12H14INO5. The first-order valence-electron chi connectivity index (χ1n) is 5.45. The quantitative estimate of drug-likeness (QED) is 0.269. The van der Waals surface area contributed by atoms with Crippen LogP contribution in [0.1, 0.15) is 12.5 Å². The molecule has 0 bridgehead atoms. The second-order valence-electron chi connectivity index (χ2n) is 3.37. The summed E-state index contributed by atoms with van der Waals surface area (Å²) >= 11 is 2.04. The summed E-state index contributed by atoms with van der Waals surface area (Å²) in [6, 6.07) is 3.38. The van der Waals surface area contributed by atoms with Gasteiger partial charge in [-0.25, -0.2) is 4.79 Å². The van der Waals surface area contributed by atoms with Crippen molar-refractivity contribution in [2.24, 2.45) is 5.16 Å². The number of halogens is 1. The van der Waals surface area contributed by atoms with E-state index in [0.717, 1.165) is 3.57 Å². The minimum atomic E-state index is -0.443. The lowest BCUT2D eigenvalue weighted by Crippen LogP contribution is -2.15. The van der Waals surface area contributed by atoms with Crippen molar-refractivity contribution in [3.05, 3.63) is 21.3 Å². The Hall–Kier alpha value is -1.51. The third-order valence-corrected chi connectivity index (χ3v) is 2.90. The zero-order valence-corrected chi connectivity index (χ0v) is 12.7. The van der Waals surface area contributed by atoms with E-state index in [1.54, 1.807) is 19.1 Å². The molecule has 0 aliphatic heterocycles. The van der Waals surface area contributed by atoms with E-state index >= 15 is 0 Å². The van der Waals surface area contributed by atoms with Gasteiger partial charge in [-0.1, -0.05) is 5.16 Å². The zero-order valence-electron chi connectivity index (χ0n) is 10.6. The Morgan fingerprint density at radius 3 is 2.84 bits per heavy atom. The number of benzene rings is 1. The molecule has 0 atom stereocenters. The van der Waals surface area contributed by atoms with Crippen LogP contribution in [0.3, 0.4) is 0 Å². The maximum atomic E-state index is 11.3. The highest BCUT2D eigenvalue weighted by atomic mass is 127. The number of oxime groups is 1. The summed E-state index contributed by atoms with van der Waals surface area (Å²) in [5, 5.41) is 11.5. The molecule has 0 aromatic heterocycles. The summed E-state index contributed by atoms with van der Waals surface area (Å²) in [6.45, 7) is 1.85. The molecule has 0 heterocycles. The Balaban J connectivity index is 2.90. The van der Waals surface area contributed by atoms with E-state index in [4.69, 9.17) is 19.4 Å². The van der Waals surface area contributed by atoms with Crippen LogP contribution in [0.15, 0.2) is 17.3 Å². The molecular weight excluding hydrogens is 365 g/mol. The van der Waals surface area contributed by atoms with Gasteiger partial charge in [0.05, 0.1) is 23.5 Å². The van der Waals surface area contributed by atoms with Gasteiger partial charge in [0.25, 0.3) is 0 Å². The third kappa shape index (κ3) is 4.58. The van der Waals surface area contributed by atoms with E-state index < -0.39 is 5.97 Å². The SMILES string of the molecule is CCOC(=O)COc1c(I)cc(C=NO)cc1OC. The van der Waals surface area contributed by atoms with Gasteiger partial charge in [-0.3, -0.25) is 0 Å². The van der Waals surface area contributed by atoms with Crippen LogP contribution in [0.2, 0.25) is 0 Å². The second-order valence-corrected chi connectivity index (χ2v) is 4.53. The van der Waals surface area contributed by atoms with Gasteiger partial charge < -0.3 is 19.4 Å². The van der Waals surface area contributed by atoms with Gasteiger partial charge >= 0.3 is 5.97 Å². The molecule has 1 N–H and O–H groups in total. The molecule has 7 heteroatoms. The maximum Gasteiger partial charge on any atom is 0.344 e. The number of ether oxygens (including phenoxy) is 3. The molecule has 0 amide bonds. The highest BCUT2D eigenvalue weighted by Crippen LogP contribution is 2.33. The van der Waals surface area contributed by atoms with Crippen LogP contribution in [0, 0.1) is 3.57 Å². The fourth-order valence-corrected chi connectivity index (χ4v) is 2.14. The summed E-state index contributed by atoms with van der Waals surface area (Å²) in [5.74, 6) is 0.457. The van der Waals surface area contributed by atoms with E-state index in [-0.39, 0.29) is 6.61 Å². The Kier molecular flexibility index (Phi) is 6.40. The van der Waals surface area contributed by atoms with Crippen molar-refractivity contribution < 1.29 is 24.2 Å². The molecule has 104 valence electrons. The predicted molar refractivity (Wildman–Crippen MR) is 77.2 cm³/mol. The van der Waals surface area contributed by atoms with Crippen molar-refractivity contribution >= 4 is 34.8 Å². The Labute approximate surface area is 124 Å². The number of nitrogens with zero attached hydrogens (tertiary/aromatic N) is 1. The summed E-state index contributed by atoms with van der Waals surface area (Å²) in [6.07, 6.45) is 1.28. The minimum Gasteiger partial charge on any atom is -0.493 e. The molecule has 0 radical (unpaired) electrons. The van der Waals surface area contributed by atoms with Crippen molar-refractivity contribution in [3.63, 3.8) is 0 Å². The van der Waals surface area contributed by atoms with Crippen LogP contribution in [0.5, 0.6) is 11.5 Å². The summed E-state index contributed by atoms with van der Waals surface area (Å²) in [4.78, 5) is 11.3. The summed E-state index contributed by atoms with van der Waals surface area (Å²) < 4.78 is 16.1. The van der Waals surface area contributed by atoms with Crippen molar-refractivity contribution in [2.75, 3.05) is 20.3 Å². The van der Waals surface area contributed by atoms with Crippen molar-refractivity contribution in [2.45, 2.75) is 6.92 Å². The number of hydrogen-bond acceptors (Lipinski definition) is 6. The standard InChI is InChI=1S/C12H14INO5/c1-3-18-11(15)7-19-12-9(13)4-8(6-14-16)5-10(12)17-2/h4-6,16H,3,7H2,1-2H3. The number of hydrogen-bond donors (Lipinski definition) is 1. The third-order valence-electron chi connectivity index (χ3n) is 2.10. The van der Waals surface area contributed by atoms with E-state index in [1.165, 1.54) is 13.3 Å². The van der Waals surface area contributed by atoms with Crippen molar-refractivity contribution in [1.29, 1.82) is 0 Å². The smallest absolute Gasteiger partial charge is 0.344 e. The molecule has 6 nitrogen and oxygen atoms in total. The van der Waals surface area contributed by atoms with Gasteiger partial charge in [0.1, 0.15) is 0 Å². The first-order valence-corrected chi connectivity index (χ1v) is 6.53. The first kappa shape index (κ1) is 15.5. The molecule has 0 aliphatic rings. The lowest BCUT2D eigenvalue weighted by molar-refractivity contribution is -0.145. The first-order chi connectivity index (χ1) is 9.12. The fourth-order valence-electron chi connectivity index (χ4n) is 1.35. The van der Waals surface area contributed by atoms with Crippen LogP contribution in [0.4, 0.5) is 0 Å². The monoisotopic (exact) mass is 379 g/mol. The number of rotatable bonds is 6. The lowest BCUT2D eigenvalue weighted by atomic mass is 10.2. The second kappa shape index (κ2) is 7.82. The van der Waals surface area contributed by atoms with E-state index in [2.05, 4.69) is 5.16 Å². The summed E-state index contributed by atoms with van der Waals surface area (Å²) in [7, 11) is 1.49. The van der Waals surface area contributed by atoms with E-state index in [1.807, 2.05) is 22.6 Å². The number of methoxy groups -OCH3 is 1. The highest BCUT2D eigenvalue weighted by molar-refractivity contribution is 14.1. The van der Waals surface area contributed by atoms with Crippen LogP contribution in [-0.4, -0.2) is 37.7 Å². The van der Waals surface area contributed by atoms with E-state index in [9.17, 15) is 4.79 Å². The fraction of sp³-hybridized carbons (Fsp3) is 0.333. The van der Waals surface area contributed by atoms with Crippen LogP contribution in [-0.2, 0) is 9.53 Å². The maximum absolute atomic E-state index is 11.3. The Morgan fingerprint density at radius 2 is 2.26 bits per heavy atom. The van der Waals surface area contributed by atoms with Crippen molar-refractivity contribution in [3.8, 4) is 11.5 Å². The summed E-state index contributed by atoms with van der Waals surface area (Å²) in [5.41, 5.74) is 0.659. The Bertz CT molecular complexity index is 475. The average Bonchev–Trinajstić information content (AvgIpc) is 2.37. The molecule has 0 saturated carbocycles. The van der Waals surface area contributed by atoms with Gasteiger partial charge in [0, 0.05) is 5.56 Å². The van der Waals surface area contributed by atoms with Gasteiger partial charge in [0.2, 0.25) is 0 Å². The zero-order chi connectivity index (χ0) is 14.3.